The molecule has 0 aliphatic carbocycles. The van der Waals surface area contributed by atoms with Crippen LogP contribution >= 0.6 is 11.6 Å². The fourth-order valence-corrected chi connectivity index (χ4v) is 1.69. The van der Waals surface area contributed by atoms with E-state index in [2.05, 4.69) is 16.9 Å². The lowest BCUT2D eigenvalue weighted by Crippen LogP contribution is -1.92. The van der Waals surface area contributed by atoms with Crippen LogP contribution in [0.5, 0.6) is 11.6 Å². The molecule has 0 aliphatic rings. The van der Waals surface area contributed by atoms with Crippen molar-refractivity contribution < 1.29 is 4.74 Å². The predicted octanol–water partition coefficient (Wildman–Crippen LogP) is 3.79. The largest absolute Gasteiger partial charge is 0.439 e. The quantitative estimate of drug-likeness (QED) is 0.775. The van der Waals surface area contributed by atoms with Crippen LogP contribution in [-0.2, 0) is 6.42 Å². The van der Waals surface area contributed by atoms with Crippen molar-refractivity contribution in [3.63, 3.8) is 0 Å². The average Bonchev–Trinajstić information content (AvgIpc) is 2.28. The first-order valence-corrected chi connectivity index (χ1v) is 5.83. The van der Waals surface area contributed by atoms with E-state index in [1.54, 1.807) is 6.07 Å². The van der Waals surface area contributed by atoms with E-state index in [-0.39, 0.29) is 5.28 Å². The summed E-state index contributed by atoms with van der Waals surface area (Å²) < 4.78 is 5.60. The van der Waals surface area contributed by atoms with Crippen LogP contribution in [0.2, 0.25) is 5.28 Å². The first kappa shape index (κ1) is 11.9. The van der Waals surface area contributed by atoms with Gasteiger partial charge < -0.3 is 4.74 Å². The molecule has 0 saturated carbocycles. The Balaban J connectivity index is 2.19. The molecule has 3 nitrogen and oxygen atoms in total. The smallest absolute Gasteiger partial charge is 0.225 e. The first-order chi connectivity index (χ1) is 8.17. The third kappa shape index (κ3) is 3.17. The van der Waals surface area contributed by atoms with Crippen molar-refractivity contribution in [3.05, 3.63) is 46.9 Å². The Bertz CT molecular complexity index is 491. The minimum absolute atomic E-state index is 0.199. The Morgan fingerprint density at radius 3 is 2.47 bits per heavy atom. The van der Waals surface area contributed by atoms with Gasteiger partial charge in [-0.05, 0) is 42.6 Å². The zero-order valence-corrected chi connectivity index (χ0v) is 10.5. The molecule has 0 saturated heterocycles. The van der Waals surface area contributed by atoms with Gasteiger partial charge in [-0.2, -0.15) is 4.98 Å². The van der Waals surface area contributed by atoms with Crippen molar-refractivity contribution in [3.8, 4) is 11.6 Å². The predicted molar refractivity (Wildman–Crippen MR) is 67.7 cm³/mol. The highest BCUT2D eigenvalue weighted by Crippen LogP contribution is 2.21. The lowest BCUT2D eigenvalue weighted by molar-refractivity contribution is 0.460. The van der Waals surface area contributed by atoms with Gasteiger partial charge in [-0.3, -0.25) is 0 Å². The van der Waals surface area contributed by atoms with E-state index < -0.39 is 0 Å². The number of halogens is 1. The minimum atomic E-state index is 0.199. The molecule has 1 heterocycles. The fourth-order valence-electron chi connectivity index (χ4n) is 1.47. The maximum atomic E-state index is 5.76. The van der Waals surface area contributed by atoms with Gasteiger partial charge in [0.2, 0.25) is 11.2 Å². The minimum Gasteiger partial charge on any atom is -0.439 e. The molecular formula is C13H13ClN2O. The number of ether oxygens (including phenoxy) is 1. The highest BCUT2D eigenvalue weighted by Gasteiger charge is 2.02. The molecule has 0 atom stereocenters. The van der Waals surface area contributed by atoms with Crippen molar-refractivity contribution in [2.45, 2.75) is 20.3 Å². The Morgan fingerprint density at radius 2 is 1.88 bits per heavy atom. The van der Waals surface area contributed by atoms with Gasteiger partial charge in [0.05, 0.1) is 0 Å². The first-order valence-electron chi connectivity index (χ1n) is 5.45. The van der Waals surface area contributed by atoms with E-state index in [0.29, 0.717) is 5.88 Å². The summed E-state index contributed by atoms with van der Waals surface area (Å²) in [5, 5.41) is 0.199. The number of aromatic nitrogens is 2. The van der Waals surface area contributed by atoms with Crippen molar-refractivity contribution in [1.82, 2.24) is 9.97 Å². The number of aryl methyl sites for hydroxylation is 2. The van der Waals surface area contributed by atoms with Crippen LogP contribution in [0, 0.1) is 6.92 Å². The lowest BCUT2D eigenvalue weighted by Gasteiger charge is -2.06. The Hall–Kier alpha value is -1.61. The van der Waals surface area contributed by atoms with E-state index in [4.69, 9.17) is 16.3 Å². The third-order valence-corrected chi connectivity index (χ3v) is 2.53. The molecule has 1 aromatic carbocycles. The highest BCUT2D eigenvalue weighted by molar-refractivity contribution is 6.28. The molecule has 88 valence electrons. The molecule has 0 unspecified atom stereocenters. The molecule has 4 heteroatoms. The number of hydrogen-bond acceptors (Lipinski definition) is 3. The van der Waals surface area contributed by atoms with Gasteiger partial charge in [0.25, 0.3) is 0 Å². The molecule has 0 amide bonds. The summed E-state index contributed by atoms with van der Waals surface area (Å²) in [6, 6.07) is 9.66. The Kier molecular flexibility index (Phi) is 3.59. The summed E-state index contributed by atoms with van der Waals surface area (Å²) in [6.45, 7) is 3.96. The zero-order valence-electron chi connectivity index (χ0n) is 9.77. The van der Waals surface area contributed by atoms with Gasteiger partial charge in [-0.25, -0.2) is 4.98 Å². The van der Waals surface area contributed by atoms with Gasteiger partial charge in [-0.1, -0.05) is 19.1 Å². The van der Waals surface area contributed by atoms with Crippen LogP contribution in [0.4, 0.5) is 0 Å². The lowest BCUT2D eigenvalue weighted by atomic mass is 10.2. The number of nitrogens with zero attached hydrogens (tertiary/aromatic N) is 2. The summed E-state index contributed by atoms with van der Waals surface area (Å²) in [5.41, 5.74) is 2.06. The molecule has 2 rings (SSSR count). The molecular weight excluding hydrogens is 236 g/mol. The molecule has 0 radical (unpaired) electrons. The van der Waals surface area contributed by atoms with Crippen LogP contribution < -0.4 is 4.74 Å². The zero-order chi connectivity index (χ0) is 12.3. The van der Waals surface area contributed by atoms with E-state index in [1.165, 1.54) is 5.56 Å². The Morgan fingerprint density at radius 1 is 1.18 bits per heavy atom. The molecule has 2 aromatic rings. The third-order valence-electron chi connectivity index (χ3n) is 2.36. The maximum Gasteiger partial charge on any atom is 0.225 e. The molecule has 17 heavy (non-hydrogen) atoms. The number of hydrogen-bond donors (Lipinski definition) is 0. The molecule has 0 N–H and O–H groups in total. The van der Waals surface area contributed by atoms with Crippen molar-refractivity contribution in [1.29, 1.82) is 0 Å². The average molecular weight is 249 g/mol. The van der Waals surface area contributed by atoms with Gasteiger partial charge in [0.1, 0.15) is 5.75 Å². The summed E-state index contributed by atoms with van der Waals surface area (Å²) in [7, 11) is 0. The van der Waals surface area contributed by atoms with Crippen molar-refractivity contribution >= 4 is 11.6 Å². The number of rotatable bonds is 3. The SMILES string of the molecule is CCc1ccc(Oc2cc(C)nc(Cl)n2)cc1. The summed E-state index contributed by atoms with van der Waals surface area (Å²) >= 11 is 5.76. The van der Waals surface area contributed by atoms with E-state index in [1.807, 2.05) is 31.2 Å². The van der Waals surface area contributed by atoms with Crippen LogP contribution in [0.1, 0.15) is 18.2 Å². The van der Waals surface area contributed by atoms with Crippen molar-refractivity contribution in [2.24, 2.45) is 0 Å². The summed E-state index contributed by atoms with van der Waals surface area (Å²) in [4.78, 5) is 7.98. The van der Waals surface area contributed by atoms with Crippen molar-refractivity contribution in [2.75, 3.05) is 0 Å². The second-order valence-electron chi connectivity index (χ2n) is 3.72. The number of benzene rings is 1. The monoisotopic (exact) mass is 248 g/mol. The Labute approximate surface area is 105 Å². The molecule has 0 fully saturated rings. The standard InChI is InChI=1S/C13H13ClN2O/c1-3-10-4-6-11(7-5-10)17-12-8-9(2)15-13(14)16-12/h4-8H,3H2,1-2H3. The van der Waals surface area contributed by atoms with Gasteiger partial charge >= 0.3 is 0 Å². The second kappa shape index (κ2) is 5.15. The molecule has 0 aliphatic heterocycles. The van der Waals surface area contributed by atoms with Gasteiger partial charge in [-0.15, -0.1) is 0 Å². The van der Waals surface area contributed by atoms with E-state index in [0.717, 1.165) is 17.9 Å². The fraction of sp³-hybridized carbons (Fsp3) is 0.231. The van der Waals surface area contributed by atoms with Crippen LogP contribution in [-0.4, -0.2) is 9.97 Å². The second-order valence-corrected chi connectivity index (χ2v) is 4.05. The van der Waals surface area contributed by atoms with Gasteiger partial charge in [0.15, 0.2) is 0 Å². The summed E-state index contributed by atoms with van der Waals surface area (Å²) in [6.07, 6.45) is 1.01. The van der Waals surface area contributed by atoms with Gasteiger partial charge in [0, 0.05) is 11.8 Å². The summed E-state index contributed by atoms with van der Waals surface area (Å²) in [5.74, 6) is 1.21. The van der Waals surface area contributed by atoms with Crippen LogP contribution in [0.25, 0.3) is 0 Å². The van der Waals surface area contributed by atoms with E-state index >= 15 is 0 Å². The van der Waals surface area contributed by atoms with E-state index in [9.17, 15) is 0 Å². The molecule has 0 bridgehead atoms. The van der Waals surface area contributed by atoms with Crippen LogP contribution in [0.3, 0.4) is 0 Å². The maximum absolute atomic E-state index is 5.76. The molecule has 1 aromatic heterocycles. The topological polar surface area (TPSA) is 35.0 Å². The normalized spacial score (nSPS) is 10.3. The van der Waals surface area contributed by atoms with Crippen LogP contribution in [0.15, 0.2) is 30.3 Å². The highest BCUT2D eigenvalue weighted by atomic mass is 35.5. The molecule has 0 spiro atoms.